The Morgan fingerprint density at radius 3 is 3.05 bits per heavy atom. The molecule has 2 fully saturated rings. The zero-order valence-corrected chi connectivity index (χ0v) is 13.1. The van der Waals surface area contributed by atoms with Gasteiger partial charge in [-0.15, -0.1) is 0 Å². The van der Waals surface area contributed by atoms with Gasteiger partial charge in [0.1, 0.15) is 0 Å². The number of ether oxygens (including phenoxy) is 1. The van der Waals surface area contributed by atoms with Gasteiger partial charge >= 0.3 is 0 Å². The smallest absolute Gasteiger partial charge is 0.0915 e. The number of nitrogens with zero attached hydrogens (tertiary/aromatic N) is 2. The molecule has 0 amide bonds. The van der Waals surface area contributed by atoms with Crippen LogP contribution in [-0.4, -0.2) is 27.5 Å². The van der Waals surface area contributed by atoms with E-state index < -0.39 is 0 Å². The van der Waals surface area contributed by atoms with Gasteiger partial charge in [-0.05, 0) is 44.6 Å². The van der Waals surface area contributed by atoms with Gasteiger partial charge < -0.3 is 10.1 Å². The summed E-state index contributed by atoms with van der Waals surface area (Å²) in [7, 11) is 0. The molecule has 1 saturated heterocycles. The van der Waals surface area contributed by atoms with Gasteiger partial charge in [0.25, 0.3) is 0 Å². The van der Waals surface area contributed by atoms with Crippen LogP contribution < -0.4 is 5.32 Å². The molecule has 20 heavy (non-hydrogen) atoms. The number of hydrogen-bond donors (Lipinski definition) is 1. The Balaban J connectivity index is 1.72. The van der Waals surface area contributed by atoms with E-state index in [-0.39, 0.29) is 5.60 Å². The molecule has 2 heterocycles. The van der Waals surface area contributed by atoms with E-state index in [0.717, 1.165) is 31.7 Å². The summed E-state index contributed by atoms with van der Waals surface area (Å²) in [6.45, 7) is 4.17. The van der Waals surface area contributed by atoms with Crippen molar-refractivity contribution in [3.05, 3.63) is 11.9 Å². The zero-order valence-electron chi connectivity index (χ0n) is 12.3. The Hall–Kier alpha value is -0.520. The summed E-state index contributed by atoms with van der Waals surface area (Å²) < 4.78 is 14.8. The van der Waals surface area contributed by atoms with Crippen molar-refractivity contribution in [2.24, 2.45) is 5.92 Å². The molecule has 0 radical (unpaired) electrons. The standard InChI is InChI=1S/C15H25N3OS/c1-2-8-16-14(13-11-17-20-18-13)12-5-9-19-15(10-12)6-3-4-7-15/h11-12,14,16H,2-10H2,1H3. The Bertz CT molecular complexity index is 403. The number of nitrogens with one attached hydrogen (secondary N) is 1. The Labute approximate surface area is 125 Å². The van der Waals surface area contributed by atoms with E-state index in [0.29, 0.717) is 12.0 Å². The molecule has 2 unspecified atom stereocenters. The first-order chi connectivity index (χ1) is 9.83. The minimum Gasteiger partial charge on any atom is -0.375 e. The normalized spacial score (nSPS) is 26.9. The second-order valence-electron chi connectivity index (χ2n) is 6.26. The fraction of sp³-hybridized carbons (Fsp3) is 0.867. The Morgan fingerprint density at radius 2 is 2.35 bits per heavy atom. The molecular formula is C15H25N3OS. The van der Waals surface area contributed by atoms with E-state index in [4.69, 9.17) is 4.74 Å². The van der Waals surface area contributed by atoms with Crippen LogP contribution in [0.1, 0.15) is 63.6 Å². The maximum atomic E-state index is 6.17. The summed E-state index contributed by atoms with van der Waals surface area (Å²) in [4.78, 5) is 0. The molecule has 0 aromatic carbocycles. The van der Waals surface area contributed by atoms with Crippen LogP contribution in [0.15, 0.2) is 6.20 Å². The molecule has 1 saturated carbocycles. The van der Waals surface area contributed by atoms with Crippen LogP contribution in [0.4, 0.5) is 0 Å². The molecule has 1 aliphatic heterocycles. The SMILES string of the molecule is CCCNC(c1cnsn1)C1CCOC2(CCCC2)C1. The van der Waals surface area contributed by atoms with Gasteiger partial charge in [0, 0.05) is 6.61 Å². The van der Waals surface area contributed by atoms with Crippen molar-refractivity contribution in [3.8, 4) is 0 Å². The van der Waals surface area contributed by atoms with Crippen LogP contribution in [0, 0.1) is 5.92 Å². The monoisotopic (exact) mass is 295 g/mol. The highest BCUT2D eigenvalue weighted by Gasteiger charge is 2.42. The molecule has 5 heteroatoms. The lowest BCUT2D eigenvalue weighted by Gasteiger charge is -2.41. The molecule has 2 aliphatic rings. The average Bonchev–Trinajstić information content (AvgIpc) is 3.12. The van der Waals surface area contributed by atoms with E-state index in [1.807, 2.05) is 6.20 Å². The van der Waals surface area contributed by atoms with Crippen LogP contribution in [0.3, 0.4) is 0 Å². The van der Waals surface area contributed by atoms with Gasteiger partial charge in [-0.1, -0.05) is 19.8 Å². The molecule has 1 spiro atoms. The quantitative estimate of drug-likeness (QED) is 0.905. The van der Waals surface area contributed by atoms with E-state index in [2.05, 4.69) is 21.0 Å². The molecule has 1 aromatic heterocycles. The van der Waals surface area contributed by atoms with Crippen LogP contribution in [0.5, 0.6) is 0 Å². The Morgan fingerprint density at radius 1 is 1.50 bits per heavy atom. The predicted octanol–water partition coefficient (Wildman–Crippen LogP) is 3.32. The minimum atomic E-state index is 0.179. The lowest BCUT2D eigenvalue weighted by atomic mass is 9.79. The third-order valence-corrected chi connectivity index (χ3v) is 5.32. The van der Waals surface area contributed by atoms with E-state index >= 15 is 0 Å². The first-order valence-electron chi connectivity index (χ1n) is 7.98. The lowest BCUT2D eigenvalue weighted by molar-refractivity contribution is -0.0983. The van der Waals surface area contributed by atoms with Crippen molar-refractivity contribution in [1.82, 2.24) is 14.1 Å². The molecule has 2 atom stereocenters. The molecule has 3 rings (SSSR count). The lowest BCUT2D eigenvalue weighted by Crippen LogP contribution is -2.42. The summed E-state index contributed by atoms with van der Waals surface area (Å²) in [6, 6.07) is 0.357. The number of hydrogen-bond acceptors (Lipinski definition) is 5. The predicted molar refractivity (Wildman–Crippen MR) is 80.8 cm³/mol. The van der Waals surface area contributed by atoms with Crippen molar-refractivity contribution in [2.75, 3.05) is 13.2 Å². The molecule has 112 valence electrons. The van der Waals surface area contributed by atoms with E-state index in [9.17, 15) is 0 Å². The van der Waals surface area contributed by atoms with Crippen molar-refractivity contribution < 1.29 is 4.74 Å². The van der Waals surface area contributed by atoms with Crippen LogP contribution in [0.2, 0.25) is 0 Å². The van der Waals surface area contributed by atoms with Gasteiger partial charge in [0.05, 0.1) is 35.3 Å². The van der Waals surface area contributed by atoms with Gasteiger partial charge in [-0.25, -0.2) is 0 Å². The molecule has 4 nitrogen and oxygen atoms in total. The molecule has 1 aromatic rings. The summed E-state index contributed by atoms with van der Waals surface area (Å²) >= 11 is 1.32. The molecule has 0 bridgehead atoms. The number of aromatic nitrogens is 2. The van der Waals surface area contributed by atoms with E-state index in [1.54, 1.807) is 0 Å². The van der Waals surface area contributed by atoms with Gasteiger partial charge in [0.2, 0.25) is 0 Å². The highest BCUT2D eigenvalue weighted by Crippen LogP contribution is 2.45. The van der Waals surface area contributed by atoms with Crippen LogP contribution in [0.25, 0.3) is 0 Å². The third kappa shape index (κ3) is 3.05. The summed E-state index contributed by atoms with van der Waals surface area (Å²) in [5, 5.41) is 3.70. The van der Waals surface area contributed by atoms with E-state index in [1.165, 1.54) is 43.8 Å². The second-order valence-corrected chi connectivity index (χ2v) is 6.81. The molecule has 1 N–H and O–H groups in total. The summed E-state index contributed by atoms with van der Waals surface area (Å²) in [6.07, 6.45) is 10.6. The topological polar surface area (TPSA) is 47.0 Å². The fourth-order valence-electron chi connectivity index (χ4n) is 3.84. The van der Waals surface area contributed by atoms with Gasteiger partial charge in [-0.2, -0.15) is 8.75 Å². The maximum absolute atomic E-state index is 6.17. The van der Waals surface area contributed by atoms with Crippen molar-refractivity contribution in [1.29, 1.82) is 0 Å². The van der Waals surface area contributed by atoms with Crippen LogP contribution >= 0.6 is 11.7 Å². The van der Waals surface area contributed by atoms with Crippen LogP contribution in [-0.2, 0) is 4.74 Å². The molecular weight excluding hydrogens is 270 g/mol. The van der Waals surface area contributed by atoms with Gasteiger partial charge in [-0.3, -0.25) is 0 Å². The van der Waals surface area contributed by atoms with Crippen molar-refractivity contribution in [2.45, 2.75) is 63.5 Å². The van der Waals surface area contributed by atoms with Crippen molar-refractivity contribution in [3.63, 3.8) is 0 Å². The number of rotatable bonds is 5. The fourth-order valence-corrected chi connectivity index (χ4v) is 4.30. The highest BCUT2D eigenvalue weighted by atomic mass is 32.1. The largest absolute Gasteiger partial charge is 0.375 e. The second kappa shape index (κ2) is 6.50. The Kier molecular flexibility index (Phi) is 4.68. The first kappa shape index (κ1) is 14.4. The zero-order chi connectivity index (χ0) is 13.8. The van der Waals surface area contributed by atoms with Crippen molar-refractivity contribution >= 4 is 11.7 Å². The first-order valence-corrected chi connectivity index (χ1v) is 8.71. The minimum absolute atomic E-state index is 0.179. The third-order valence-electron chi connectivity index (χ3n) is 4.83. The highest BCUT2D eigenvalue weighted by molar-refractivity contribution is 6.99. The average molecular weight is 295 g/mol. The summed E-state index contributed by atoms with van der Waals surface area (Å²) in [5.74, 6) is 0.636. The van der Waals surface area contributed by atoms with Gasteiger partial charge in [0.15, 0.2) is 0 Å². The summed E-state index contributed by atoms with van der Waals surface area (Å²) in [5.41, 5.74) is 1.31. The molecule has 1 aliphatic carbocycles. The maximum Gasteiger partial charge on any atom is 0.0915 e.